The van der Waals surface area contributed by atoms with E-state index in [1.807, 2.05) is 16.9 Å². The molecule has 0 fully saturated rings. The fourth-order valence-electron chi connectivity index (χ4n) is 2.76. The van der Waals surface area contributed by atoms with Crippen LogP contribution in [0.25, 0.3) is 5.69 Å². The lowest BCUT2D eigenvalue weighted by atomic mass is 10.1. The molecule has 1 aromatic heterocycles. The molecule has 0 aliphatic rings. The van der Waals surface area contributed by atoms with E-state index in [4.69, 9.17) is 0 Å². The molecule has 0 radical (unpaired) electrons. The Morgan fingerprint density at radius 2 is 1.90 bits per heavy atom. The quantitative estimate of drug-likeness (QED) is 0.624. The van der Waals surface area contributed by atoms with Gasteiger partial charge in [-0.25, -0.2) is 13.8 Å². The molecule has 2 aromatic carbocycles. The number of benzene rings is 2. The molecule has 0 spiro atoms. The number of hydrogen-bond acceptors (Lipinski definition) is 4. The normalized spacial score (nSPS) is 10.6. The average molecular weight is 416 g/mol. The molecule has 2 amide bonds. The van der Waals surface area contributed by atoms with Crippen LogP contribution in [-0.2, 0) is 4.79 Å². The van der Waals surface area contributed by atoms with Crippen LogP contribution in [0.4, 0.5) is 14.5 Å². The summed E-state index contributed by atoms with van der Waals surface area (Å²) in [6.07, 6.45) is 5.38. The van der Waals surface area contributed by atoms with Crippen molar-refractivity contribution in [3.8, 4) is 5.69 Å². The summed E-state index contributed by atoms with van der Waals surface area (Å²) >= 11 is 1.48. The minimum Gasteiger partial charge on any atom is -0.332 e. The van der Waals surface area contributed by atoms with E-state index in [0.717, 1.165) is 23.0 Å². The predicted octanol–water partition coefficient (Wildman–Crippen LogP) is 3.58. The number of nitrogens with one attached hydrogen (secondary N) is 1. The van der Waals surface area contributed by atoms with Crippen LogP contribution in [0, 0.1) is 11.6 Å². The van der Waals surface area contributed by atoms with E-state index in [0.29, 0.717) is 11.6 Å². The average Bonchev–Trinajstić information content (AvgIpc) is 3.15. The third-order valence-electron chi connectivity index (χ3n) is 4.03. The highest BCUT2D eigenvalue weighted by Gasteiger charge is 2.16. The molecule has 0 aliphatic heterocycles. The second kappa shape index (κ2) is 8.87. The number of imidazole rings is 1. The fraction of sp³-hybridized carbons (Fsp3) is 0.150. The van der Waals surface area contributed by atoms with E-state index in [-0.39, 0.29) is 18.1 Å². The molecule has 9 heteroatoms. The standard InChI is InChI=1S/C20H18F2N4O2S/c1-25(12-18(27)24-16-10-14(21)9-15(22)11-16)19(28)13-4-3-5-17(8-13)26-7-6-23-20(26)29-2/h3-11H,12H2,1-2H3,(H,24,27). The van der Waals surface area contributed by atoms with Gasteiger partial charge in [-0.1, -0.05) is 17.8 Å². The Balaban J connectivity index is 1.70. The minimum atomic E-state index is -0.800. The van der Waals surface area contributed by atoms with Crippen molar-refractivity contribution < 1.29 is 18.4 Å². The molecule has 1 heterocycles. The largest absolute Gasteiger partial charge is 0.332 e. The van der Waals surface area contributed by atoms with E-state index >= 15 is 0 Å². The van der Waals surface area contributed by atoms with Crippen molar-refractivity contribution in [2.24, 2.45) is 0 Å². The van der Waals surface area contributed by atoms with Gasteiger partial charge in [0, 0.05) is 42.4 Å². The Morgan fingerprint density at radius 1 is 1.17 bits per heavy atom. The number of aromatic nitrogens is 2. The van der Waals surface area contributed by atoms with Crippen molar-refractivity contribution in [3.05, 3.63) is 72.1 Å². The minimum absolute atomic E-state index is 0.0138. The molecular formula is C20H18F2N4O2S. The summed E-state index contributed by atoms with van der Waals surface area (Å²) in [6.45, 7) is -0.275. The maximum absolute atomic E-state index is 13.2. The summed E-state index contributed by atoms with van der Waals surface area (Å²) in [4.78, 5) is 30.3. The van der Waals surface area contributed by atoms with Crippen LogP contribution in [0.1, 0.15) is 10.4 Å². The van der Waals surface area contributed by atoms with Gasteiger partial charge >= 0.3 is 0 Å². The van der Waals surface area contributed by atoms with Crippen molar-refractivity contribution in [2.45, 2.75) is 5.16 Å². The van der Waals surface area contributed by atoms with Crippen molar-refractivity contribution in [3.63, 3.8) is 0 Å². The first kappa shape index (κ1) is 20.5. The van der Waals surface area contributed by atoms with Crippen LogP contribution < -0.4 is 5.32 Å². The second-order valence-corrected chi connectivity index (χ2v) is 6.98. The summed E-state index contributed by atoms with van der Waals surface area (Å²) in [5.41, 5.74) is 1.15. The maximum atomic E-state index is 13.2. The Morgan fingerprint density at radius 3 is 2.59 bits per heavy atom. The number of carbonyl (C=O) groups is 2. The van der Waals surface area contributed by atoms with Gasteiger partial charge in [-0.2, -0.15) is 0 Å². The number of rotatable bonds is 6. The van der Waals surface area contributed by atoms with Crippen LogP contribution in [0.5, 0.6) is 0 Å². The Kier molecular flexibility index (Phi) is 6.28. The van der Waals surface area contributed by atoms with Crippen molar-refractivity contribution >= 4 is 29.3 Å². The van der Waals surface area contributed by atoms with Gasteiger partial charge in [0.1, 0.15) is 11.6 Å². The van der Waals surface area contributed by atoms with Crippen LogP contribution in [0.15, 0.2) is 60.0 Å². The SMILES string of the molecule is CSc1nccn1-c1cccc(C(=O)N(C)CC(=O)Nc2cc(F)cc(F)c2)c1. The molecule has 3 rings (SSSR count). The first-order chi connectivity index (χ1) is 13.9. The summed E-state index contributed by atoms with van der Waals surface area (Å²) in [5, 5.41) is 3.16. The lowest BCUT2D eigenvalue weighted by molar-refractivity contribution is -0.116. The molecular weight excluding hydrogens is 398 g/mol. The Hall–Kier alpha value is -3.20. The molecule has 6 nitrogen and oxygen atoms in total. The zero-order valence-corrected chi connectivity index (χ0v) is 16.5. The highest BCUT2D eigenvalue weighted by molar-refractivity contribution is 7.98. The van der Waals surface area contributed by atoms with E-state index in [2.05, 4.69) is 10.3 Å². The number of anilines is 1. The topological polar surface area (TPSA) is 67.2 Å². The molecule has 0 saturated carbocycles. The van der Waals surface area contributed by atoms with E-state index in [1.54, 1.807) is 30.6 Å². The second-order valence-electron chi connectivity index (χ2n) is 6.20. The zero-order chi connectivity index (χ0) is 21.0. The monoisotopic (exact) mass is 416 g/mol. The summed E-state index contributed by atoms with van der Waals surface area (Å²) in [7, 11) is 1.48. The Labute approximate surface area is 170 Å². The van der Waals surface area contributed by atoms with Crippen LogP contribution >= 0.6 is 11.8 Å². The van der Waals surface area contributed by atoms with Gasteiger partial charge in [0.15, 0.2) is 5.16 Å². The number of amides is 2. The molecule has 3 aromatic rings. The lowest BCUT2D eigenvalue weighted by Gasteiger charge is -2.17. The summed E-state index contributed by atoms with van der Waals surface area (Å²) in [5.74, 6) is -2.53. The molecule has 150 valence electrons. The van der Waals surface area contributed by atoms with Crippen molar-refractivity contribution in [2.75, 3.05) is 25.2 Å². The molecule has 0 aliphatic carbocycles. The smallest absolute Gasteiger partial charge is 0.254 e. The van der Waals surface area contributed by atoms with E-state index in [9.17, 15) is 18.4 Å². The summed E-state index contributed by atoms with van der Waals surface area (Å²) < 4.78 is 28.3. The van der Waals surface area contributed by atoms with E-state index in [1.165, 1.54) is 23.7 Å². The molecule has 0 saturated heterocycles. The number of hydrogen-bond donors (Lipinski definition) is 1. The van der Waals surface area contributed by atoms with Crippen molar-refractivity contribution in [1.82, 2.24) is 14.5 Å². The molecule has 0 unspecified atom stereocenters. The molecule has 0 bridgehead atoms. The molecule has 0 atom stereocenters. The van der Waals surface area contributed by atoms with Crippen LogP contribution in [0.2, 0.25) is 0 Å². The molecule has 29 heavy (non-hydrogen) atoms. The van der Waals surface area contributed by atoms with Crippen LogP contribution in [0.3, 0.4) is 0 Å². The molecule has 1 N–H and O–H groups in total. The van der Waals surface area contributed by atoms with Gasteiger partial charge in [-0.3, -0.25) is 14.2 Å². The Bertz CT molecular complexity index is 1030. The van der Waals surface area contributed by atoms with Gasteiger partial charge in [-0.05, 0) is 36.6 Å². The maximum Gasteiger partial charge on any atom is 0.254 e. The fourth-order valence-corrected chi connectivity index (χ4v) is 3.29. The number of halogens is 2. The van der Waals surface area contributed by atoms with E-state index < -0.39 is 17.5 Å². The number of thioether (sulfide) groups is 1. The third kappa shape index (κ3) is 5.00. The highest BCUT2D eigenvalue weighted by atomic mass is 32.2. The lowest BCUT2D eigenvalue weighted by Crippen LogP contribution is -2.35. The third-order valence-corrected chi connectivity index (χ3v) is 4.70. The number of carbonyl (C=O) groups excluding carboxylic acids is 2. The van der Waals surface area contributed by atoms with Gasteiger partial charge in [-0.15, -0.1) is 0 Å². The van der Waals surface area contributed by atoms with Gasteiger partial charge in [0.05, 0.1) is 6.54 Å². The van der Waals surface area contributed by atoms with Crippen LogP contribution in [-0.4, -0.2) is 46.1 Å². The number of nitrogens with zero attached hydrogens (tertiary/aromatic N) is 3. The first-order valence-electron chi connectivity index (χ1n) is 8.56. The first-order valence-corrected chi connectivity index (χ1v) is 9.79. The summed E-state index contributed by atoms with van der Waals surface area (Å²) in [6, 6.07) is 9.67. The van der Waals surface area contributed by atoms with Crippen molar-refractivity contribution in [1.29, 1.82) is 0 Å². The predicted molar refractivity (Wildman–Crippen MR) is 107 cm³/mol. The van der Waals surface area contributed by atoms with Gasteiger partial charge < -0.3 is 10.2 Å². The van der Waals surface area contributed by atoms with Gasteiger partial charge in [0.2, 0.25) is 5.91 Å². The highest BCUT2D eigenvalue weighted by Crippen LogP contribution is 2.19. The zero-order valence-electron chi connectivity index (χ0n) is 15.7. The van der Waals surface area contributed by atoms with Gasteiger partial charge in [0.25, 0.3) is 5.91 Å². The number of likely N-dealkylation sites (N-methyl/N-ethyl adjacent to an activating group) is 1.